The molecular weight excluding hydrogens is 184 g/mol. The van der Waals surface area contributed by atoms with Crippen LogP contribution in [0.4, 0.5) is 0 Å². The highest BCUT2D eigenvalue weighted by Crippen LogP contribution is 2.12. The molecule has 0 unspecified atom stereocenters. The van der Waals surface area contributed by atoms with E-state index in [0.29, 0.717) is 0 Å². The number of aliphatic hydroxyl groups is 1. The Bertz CT molecular complexity index is 337. The second kappa shape index (κ2) is 7.02. The maximum Gasteiger partial charge on any atom is 0.0615 e. The summed E-state index contributed by atoms with van der Waals surface area (Å²) in [6, 6.07) is 8.41. The van der Waals surface area contributed by atoms with E-state index in [1.54, 1.807) is 6.08 Å². The first kappa shape index (κ1) is 11.7. The van der Waals surface area contributed by atoms with Gasteiger partial charge in [0.15, 0.2) is 0 Å². The summed E-state index contributed by atoms with van der Waals surface area (Å²) < 4.78 is 0. The molecule has 0 saturated carbocycles. The Labute approximate surface area is 91.8 Å². The molecule has 1 aromatic rings. The first-order valence-electron chi connectivity index (χ1n) is 5.40. The Morgan fingerprint density at radius 2 is 2.00 bits per heavy atom. The molecule has 0 saturated heterocycles. The molecule has 0 aliphatic heterocycles. The van der Waals surface area contributed by atoms with Crippen molar-refractivity contribution in [3.8, 4) is 0 Å². The number of rotatable bonds is 5. The molecule has 0 aliphatic carbocycles. The minimum absolute atomic E-state index is 0.0982. The summed E-state index contributed by atoms with van der Waals surface area (Å²) >= 11 is 0. The molecule has 1 N–H and O–H groups in total. The van der Waals surface area contributed by atoms with Crippen LogP contribution >= 0.6 is 0 Å². The predicted molar refractivity (Wildman–Crippen MR) is 65.7 cm³/mol. The van der Waals surface area contributed by atoms with Crippen LogP contribution in [-0.4, -0.2) is 11.7 Å². The minimum Gasteiger partial charge on any atom is -0.392 e. The lowest BCUT2D eigenvalue weighted by molar-refractivity contribution is 0.343. The van der Waals surface area contributed by atoms with E-state index in [1.807, 2.05) is 12.2 Å². The number of allylic oxidation sites excluding steroid dienone is 2. The molecule has 0 heterocycles. The summed E-state index contributed by atoms with van der Waals surface area (Å²) in [6.45, 7) is 2.28. The lowest BCUT2D eigenvalue weighted by Crippen LogP contribution is -1.86. The van der Waals surface area contributed by atoms with E-state index in [-0.39, 0.29) is 6.61 Å². The van der Waals surface area contributed by atoms with Gasteiger partial charge in [0.05, 0.1) is 6.61 Å². The topological polar surface area (TPSA) is 20.2 Å². The fraction of sp³-hybridized carbons (Fsp3) is 0.286. The van der Waals surface area contributed by atoms with Gasteiger partial charge in [-0.15, -0.1) is 0 Å². The Hall–Kier alpha value is -1.34. The molecule has 0 radical (unpaired) electrons. The molecule has 0 fully saturated rings. The summed E-state index contributed by atoms with van der Waals surface area (Å²) in [4.78, 5) is 0. The second-order valence-corrected chi connectivity index (χ2v) is 3.42. The third-order valence-electron chi connectivity index (χ3n) is 2.20. The van der Waals surface area contributed by atoms with E-state index in [1.165, 1.54) is 11.1 Å². The first-order chi connectivity index (χ1) is 7.38. The molecule has 0 aliphatic rings. The van der Waals surface area contributed by atoms with Crippen molar-refractivity contribution in [1.82, 2.24) is 0 Å². The summed E-state index contributed by atoms with van der Waals surface area (Å²) in [5, 5.41) is 8.58. The quantitative estimate of drug-likeness (QED) is 0.727. The molecule has 15 heavy (non-hydrogen) atoms. The third kappa shape index (κ3) is 4.13. The highest BCUT2D eigenvalue weighted by Gasteiger charge is 1.95. The average molecular weight is 202 g/mol. The largest absolute Gasteiger partial charge is 0.392 e. The van der Waals surface area contributed by atoms with Crippen molar-refractivity contribution in [3.63, 3.8) is 0 Å². The maximum absolute atomic E-state index is 8.58. The van der Waals surface area contributed by atoms with E-state index in [4.69, 9.17) is 5.11 Å². The van der Waals surface area contributed by atoms with E-state index < -0.39 is 0 Å². The molecule has 1 nitrogen and oxygen atoms in total. The van der Waals surface area contributed by atoms with Gasteiger partial charge in [-0.25, -0.2) is 0 Å². The summed E-state index contributed by atoms with van der Waals surface area (Å²) in [6.07, 6.45) is 9.91. The molecule has 0 amide bonds. The van der Waals surface area contributed by atoms with Crippen molar-refractivity contribution in [2.75, 3.05) is 6.61 Å². The van der Waals surface area contributed by atoms with Crippen LogP contribution in [0.15, 0.2) is 42.5 Å². The highest BCUT2D eigenvalue weighted by molar-refractivity contribution is 5.55. The SMILES string of the molecule is CCCc1ccccc1C=CC=CCO. The zero-order chi connectivity index (χ0) is 10.9. The van der Waals surface area contributed by atoms with E-state index in [2.05, 4.69) is 37.3 Å². The predicted octanol–water partition coefficient (Wildman–Crippen LogP) is 3.20. The zero-order valence-electron chi connectivity index (χ0n) is 9.19. The molecule has 0 atom stereocenters. The van der Waals surface area contributed by atoms with Crippen LogP contribution in [0.2, 0.25) is 0 Å². The maximum atomic E-state index is 8.58. The molecular formula is C14H18O. The van der Waals surface area contributed by atoms with Crippen molar-refractivity contribution in [2.45, 2.75) is 19.8 Å². The Kier molecular flexibility index (Phi) is 5.49. The number of hydrogen-bond donors (Lipinski definition) is 1. The van der Waals surface area contributed by atoms with E-state index in [9.17, 15) is 0 Å². The molecule has 0 bridgehead atoms. The fourth-order valence-electron chi connectivity index (χ4n) is 1.49. The Balaban J connectivity index is 2.74. The average Bonchev–Trinajstić information content (AvgIpc) is 2.27. The van der Waals surface area contributed by atoms with Gasteiger partial charge >= 0.3 is 0 Å². The van der Waals surface area contributed by atoms with Gasteiger partial charge in [-0.05, 0) is 17.5 Å². The molecule has 80 valence electrons. The molecule has 0 aromatic heterocycles. The Morgan fingerprint density at radius 1 is 1.20 bits per heavy atom. The van der Waals surface area contributed by atoms with Crippen molar-refractivity contribution < 1.29 is 5.11 Å². The smallest absolute Gasteiger partial charge is 0.0615 e. The molecule has 0 spiro atoms. The summed E-state index contributed by atoms with van der Waals surface area (Å²) in [5.74, 6) is 0. The fourth-order valence-corrected chi connectivity index (χ4v) is 1.49. The number of aliphatic hydroxyl groups excluding tert-OH is 1. The number of hydrogen-bond acceptors (Lipinski definition) is 1. The van der Waals surface area contributed by atoms with Crippen LogP contribution in [0.3, 0.4) is 0 Å². The monoisotopic (exact) mass is 202 g/mol. The zero-order valence-corrected chi connectivity index (χ0v) is 9.19. The normalized spacial score (nSPS) is 11.6. The Morgan fingerprint density at radius 3 is 2.73 bits per heavy atom. The van der Waals surface area contributed by atoms with Gasteiger partial charge in [-0.1, -0.05) is 61.9 Å². The van der Waals surface area contributed by atoms with Crippen molar-refractivity contribution >= 4 is 6.08 Å². The van der Waals surface area contributed by atoms with Crippen LogP contribution in [-0.2, 0) is 6.42 Å². The van der Waals surface area contributed by atoms with Gasteiger partial charge in [0, 0.05) is 0 Å². The van der Waals surface area contributed by atoms with Gasteiger partial charge in [0.25, 0.3) is 0 Å². The highest BCUT2D eigenvalue weighted by atomic mass is 16.2. The molecule has 1 heteroatoms. The van der Waals surface area contributed by atoms with Gasteiger partial charge in [0.1, 0.15) is 0 Å². The standard InChI is InChI=1S/C14H18O/c1-2-8-13-10-5-6-11-14(13)9-4-3-7-12-15/h3-7,9-11,15H,2,8,12H2,1H3. The van der Waals surface area contributed by atoms with Crippen LogP contribution in [0.5, 0.6) is 0 Å². The van der Waals surface area contributed by atoms with Crippen LogP contribution in [0.25, 0.3) is 6.08 Å². The molecule has 1 aromatic carbocycles. The second-order valence-electron chi connectivity index (χ2n) is 3.42. The summed E-state index contributed by atoms with van der Waals surface area (Å²) in [7, 11) is 0. The lowest BCUT2D eigenvalue weighted by atomic mass is 10.0. The van der Waals surface area contributed by atoms with Crippen LogP contribution < -0.4 is 0 Å². The van der Waals surface area contributed by atoms with E-state index in [0.717, 1.165) is 12.8 Å². The van der Waals surface area contributed by atoms with Crippen LogP contribution in [0, 0.1) is 0 Å². The van der Waals surface area contributed by atoms with Crippen molar-refractivity contribution in [3.05, 3.63) is 53.6 Å². The van der Waals surface area contributed by atoms with E-state index >= 15 is 0 Å². The van der Waals surface area contributed by atoms with Crippen molar-refractivity contribution in [2.24, 2.45) is 0 Å². The number of benzene rings is 1. The van der Waals surface area contributed by atoms with Gasteiger partial charge < -0.3 is 5.11 Å². The van der Waals surface area contributed by atoms with Crippen LogP contribution in [0.1, 0.15) is 24.5 Å². The first-order valence-corrected chi connectivity index (χ1v) is 5.40. The lowest BCUT2D eigenvalue weighted by Gasteiger charge is -2.02. The van der Waals surface area contributed by atoms with Gasteiger partial charge in [-0.3, -0.25) is 0 Å². The minimum atomic E-state index is 0.0982. The number of aryl methyl sites for hydroxylation is 1. The van der Waals surface area contributed by atoms with Gasteiger partial charge in [-0.2, -0.15) is 0 Å². The molecule has 1 rings (SSSR count). The summed E-state index contributed by atoms with van der Waals surface area (Å²) in [5.41, 5.74) is 2.65. The third-order valence-corrected chi connectivity index (χ3v) is 2.20. The van der Waals surface area contributed by atoms with Crippen molar-refractivity contribution in [1.29, 1.82) is 0 Å². The van der Waals surface area contributed by atoms with Gasteiger partial charge in [0.2, 0.25) is 0 Å².